The topological polar surface area (TPSA) is 105 Å². The second kappa shape index (κ2) is 10.2. The van der Waals surface area contributed by atoms with Gasteiger partial charge < -0.3 is 14.2 Å². The van der Waals surface area contributed by atoms with Gasteiger partial charge in [-0.3, -0.25) is 4.72 Å². The third-order valence-corrected chi connectivity index (χ3v) is 8.01. The Bertz CT molecular complexity index is 2000. The first-order valence-electron chi connectivity index (χ1n) is 13.7. The van der Waals surface area contributed by atoms with Crippen molar-refractivity contribution in [3.8, 4) is 23.1 Å². The maximum atomic E-state index is 12.0. The third kappa shape index (κ3) is 4.73. The molecule has 0 atom stereocenters. The monoisotopic (exact) mass is 580 g/mol. The number of rotatable bonds is 5. The van der Waals surface area contributed by atoms with Crippen LogP contribution in [0.2, 0.25) is 0 Å². The third-order valence-electron chi connectivity index (χ3n) is 7.41. The lowest BCUT2D eigenvalue weighted by atomic mass is 9.86. The highest BCUT2D eigenvalue weighted by Crippen LogP contribution is 2.43. The molecule has 0 amide bonds. The van der Waals surface area contributed by atoms with Gasteiger partial charge in [0.05, 0.1) is 23.7 Å². The Morgan fingerprint density at radius 3 is 2.64 bits per heavy atom. The fraction of sp³-hybridized carbons (Fsp3) is 0.188. The summed E-state index contributed by atoms with van der Waals surface area (Å²) in [6, 6.07) is 21.5. The number of hydrogen-bond donors (Lipinski definition) is 1. The Hall–Kier alpha value is -4.83. The van der Waals surface area contributed by atoms with E-state index in [-0.39, 0.29) is 0 Å². The minimum absolute atomic E-state index is 0.331. The zero-order valence-corrected chi connectivity index (χ0v) is 23.9. The quantitative estimate of drug-likeness (QED) is 0.279. The molecule has 2 aliphatic rings. The van der Waals surface area contributed by atoms with Crippen LogP contribution in [0.5, 0.6) is 17.4 Å². The van der Waals surface area contributed by atoms with Crippen LogP contribution in [0, 0.1) is 0 Å². The lowest BCUT2D eigenvalue weighted by Crippen LogP contribution is -2.15. The van der Waals surface area contributed by atoms with Gasteiger partial charge in [0.2, 0.25) is 15.9 Å². The lowest BCUT2D eigenvalue weighted by molar-refractivity contribution is 0.171. The summed E-state index contributed by atoms with van der Waals surface area (Å²) in [5.41, 5.74) is 8.17. The summed E-state index contributed by atoms with van der Waals surface area (Å²) in [7, 11) is -3.42. The number of ether oxygens (including phenoxy) is 3. The smallest absolute Gasteiger partial charge is 0.229 e. The second-order valence-corrected chi connectivity index (χ2v) is 12.0. The summed E-state index contributed by atoms with van der Waals surface area (Å²) in [5, 5.41) is 5.70. The van der Waals surface area contributed by atoms with Gasteiger partial charge in [-0.15, -0.1) is 0 Å². The van der Waals surface area contributed by atoms with Gasteiger partial charge in [-0.05, 0) is 82.8 Å². The Balaban J connectivity index is 1.42. The van der Waals surface area contributed by atoms with Gasteiger partial charge in [0.15, 0.2) is 11.5 Å². The summed E-state index contributed by atoms with van der Waals surface area (Å²) in [6.07, 6.45) is 5.43. The van der Waals surface area contributed by atoms with Crippen LogP contribution in [0.3, 0.4) is 0 Å². The summed E-state index contributed by atoms with van der Waals surface area (Å²) in [4.78, 5) is 4.56. The van der Waals surface area contributed by atoms with E-state index in [9.17, 15) is 8.42 Å². The standard InChI is InChI=1S/C32H28N4O5S/c1-3-25(20-6-4-7-23(14-20)35-42(2,37)38)31-26-8-5-11-33-32(26)41-19-22-16-28-21(15-27(22)31)18-34-36(28)24-9-10-29-30(17-24)40-13-12-39-29/h4-11,14-18,35H,3,12-13,19H2,1-2H3/b31-25+. The second-order valence-electron chi connectivity index (χ2n) is 10.3. The molecule has 5 aromatic rings. The fourth-order valence-electron chi connectivity index (χ4n) is 5.66. The Kier molecular flexibility index (Phi) is 6.35. The maximum Gasteiger partial charge on any atom is 0.229 e. The predicted molar refractivity (Wildman–Crippen MR) is 162 cm³/mol. The fourth-order valence-corrected chi connectivity index (χ4v) is 6.22. The summed E-state index contributed by atoms with van der Waals surface area (Å²) in [6.45, 7) is 3.48. The van der Waals surface area contributed by atoms with Crippen molar-refractivity contribution in [2.45, 2.75) is 20.0 Å². The van der Waals surface area contributed by atoms with Crippen LogP contribution in [0.1, 0.15) is 35.6 Å². The minimum atomic E-state index is -3.42. The van der Waals surface area contributed by atoms with Gasteiger partial charge in [-0.25, -0.2) is 18.1 Å². The number of fused-ring (bicyclic) bond motifs is 4. The van der Waals surface area contributed by atoms with E-state index in [1.165, 1.54) is 0 Å². The van der Waals surface area contributed by atoms with Crippen molar-refractivity contribution in [1.29, 1.82) is 0 Å². The van der Waals surface area contributed by atoms with E-state index in [4.69, 9.17) is 19.3 Å². The molecule has 3 aromatic carbocycles. The number of anilines is 1. The molecule has 10 heteroatoms. The number of allylic oxidation sites excluding steroid dienone is 1. The van der Waals surface area contributed by atoms with E-state index in [1.807, 2.05) is 59.4 Å². The lowest BCUT2D eigenvalue weighted by Gasteiger charge is -2.19. The Morgan fingerprint density at radius 2 is 1.81 bits per heavy atom. The predicted octanol–water partition coefficient (Wildman–Crippen LogP) is 5.82. The molecule has 2 aliphatic heterocycles. The Morgan fingerprint density at radius 1 is 0.952 bits per heavy atom. The van der Waals surface area contributed by atoms with Crippen LogP contribution >= 0.6 is 0 Å². The molecule has 0 unspecified atom stereocenters. The number of nitrogens with one attached hydrogen (secondary N) is 1. The number of aromatic nitrogens is 3. The van der Waals surface area contributed by atoms with Gasteiger partial charge in [0.1, 0.15) is 19.8 Å². The van der Waals surface area contributed by atoms with Crippen molar-refractivity contribution in [3.63, 3.8) is 0 Å². The normalized spacial score (nSPS) is 15.3. The molecule has 212 valence electrons. The van der Waals surface area contributed by atoms with E-state index >= 15 is 0 Å². The first-order chi connectivity index (χ1) is 20.4. The molecule has 7 rings (SSSR count). The maximum absolute atomic E-state index is 12.0. The van der Waals surface area contributed by atoms with E-state index in [0.29, 0.717) is 43.6 Å². The molecule has 0 radical (unpaired) electrons. The molecule has 0 spiro atoms. The van der Waals surface area contributed by atoms with Gasteiger partial charge in [0, 0.05) is 28.9 Å². The molecule has 4 heterocycles. The molecule has 9 nitrogen and oxygen atoms in total. The number of hydrogen-bond acceptors (Lipinski definition) is 7. The highest BCUT2D eigenvalue weighted by atomic mass is 32.2. The van der Waals surface area contributed by atoms with Gasteiger partial charge >= 0.3 is 0 Å². The molecule has 0 saturated heterocycles. The van der Waals surface area contributed by atoms with Crippen LogP contribution < -0.4 is 18.9 Å². The molecule has 0 fully saturated rings. The number of sulfonamides is 1. The largest absolute Gasteiger partial charge is 0.486 e. The van der Waals surface area contributed by atoms with Crippen molar-refractivity contribution in [3.05, 3.63) is 101 Å². The van der Waals surface area contributed by atoms with Crippen molar-refractivity contribution in [1.82, 2.24) is 14.8 Å². The SMILES string of the molecule is CC/C(=C1\c2cc3cnn(-c4ccc5c(c4)OCCO5)c3cc2COc2ncccc21)c1cccc(NS(C)(=O)=O)c1. The summed E-state index contributed by atoms with van der Waals surface area (Å²) in [5.74, 6) is 1.98. The van der Waals surface area contributed by atoms with Crippen LogP contribution in [-0.2, 0) is 16.6 Å². The molecule has 2 aromatic heterocycles. The van der Waals surface area contributed by atoms with Gasteiger partial charge in [-0.2, -0.15) is 5.10 Å². The molecule has 0 saturated carbocycles. The first-order valence-corrected chi connectivity index (χ1v) is 15.6. The van der Waals surface area contributed by atoms with Gasteiger partial charge in [0.25, 0.3) is 0 Å². The van der Waals surface area contributed by atoms with Crippen LogP contribution in [-0.4, -0.2) is 42.7 Å². The summed E-state index contributed by atoms with van der Waals surface area (Å²) >= 11 is 0. The van der Waals surface area contributed by atoms with Crippen molar-refractivity contribution < 1.29 is 22.6 Å². The summed E-state index contributed by atoms with van der Waals surface area (Å²) < 4.78 is 46.2. The molecule has 42 heavy (non-hydrogen) atoms. The van der Waals surface area contributed by atoms with E-state index in [1.54, 1.807) is 12.3 Å². The molecule has 0 bridgehead atoms. The van der Waals surface area contributed by atoms with Crippen LogP contribution in [0.15, 0.2) is 79.1 Å². The minimum Gasteiger partial charge on any atom is -0.486 e. The number of pyridine rings is 1. The Labute approximate surface area is 243 Å². The van der Waals surface area contributed by atoms with Crippen LogP contribution in [0.25, 0.3) is 27.7 Å². The van der Waals surface area contributed by atoms with E-state index in [2.05, 4.69) is 28.8 Å². The van der Waals surface area contributed by atoms with E-state index < -0.39 is 10.0 Å². The average molecular weight is 581 g/mol. The van der Waals surface area contributed by atoms with Crippen molar-refractivity contribution in [2.24, 2.45) is 0 Å². The van der Waals surface area contributed by atoms with Gasteiger partial charge in [-0.1, -0.05) is 19.1 Å². The molecular formula is C32H28N4O5S. The van der Waals surface area contributed by atoms with Crippen LogP contribution in [0.4, 0.5) is 5.69 Å². The van der Waals surface area contributed by atoms with E-state index in [0.717, 1.165) is 62.0 Å². The first kappa shape index (κ1) is 26.1. The number of nitrogens with zero attached hydrogens (tertiary/aromatic N) is 3. The number of benzene rings is 3. The zero-order valence-electron chi connectivity index (χ0n) is 23.1. The molecule has 1 N–H and O–H groups in total. The average Bonchev–Trinajstić information content (AvgIpc) is 3.33. The zero-order chi connectivity index (χ0) is 28.8. The highest BCUT2D eigenvalue weighted by Gasteiger charge is 2.25. The van der Waals surface area contributed by atoms with Crippen molar-refractivity contribution in [2.75, 3.05) is 24.2 Å². The highest BCUT2D eigenvalue weighted by molar-refractivity contribution is 7.92. The molecular weight excluding hydrogens is 552 g/mol. The van der Waals surface area contributed by atoms with Crippen molar-refractivity contribution >= 4 is 37.8 Å². The molecule has 0 aliphatic carbocycles.